The average Bonchev–Trinajstić information content (AvgIpc) is 3.47. The van der Waals surface area contributed by atoms with Crippen LogP contribution < -0.4 is 10.1 Å². The van der Waals surface area contributed by atoms with Gasteiger partial charge in [-0.2, -0.15) is 5.10 Å². The van der Waals surface area contributed by atoms with Crippen molar-refractivity contribution < 1.29 is 17.9 Å². The maximum atomic E-state index is 13.2. The number of aromatic nitrogens is 5. The van der Waals surface area contributed by atoms with Crippen molar-refractivity contribution in [3.63, 3.8) is 0 Å². The van der Waals surface area contributed by atoms with Gasteiger partial charge in [0.2, 0.25) is 0 Å². The van der Waals surface area contributed by atoms with E-state index in [1.54, 1.807) is 50.5 Å². The van der Waals surface area contributed by atoms with Crippen LogP contribution in [-0.2, 0) is 23.4 Å². The molecule has 0 aliphatic rings. The molecular formula is C22H26N6O4S2. The molecule has 0 unspecified atom stereocenters. The summed E-state index contributed by atoms with van der Waals surface area (Å²) in [5.41, 5.74) is 2.79. The van der Waals surface area contributed by atoms with E-state index in [1.807, 2.05) is 12.3 Å². The fraction of sp³-hybridized carbons (Fsp3) is 0.364. The lowest BCUT2D eigenvalue weighted by Crippen LogP contribution is -2.28. The van der Waals surface area contributed by atoms with Crippen LogP contribution in [0.3, 0.4) is 0 Å². The van der Waals surface area contributed by atoms with Crippen LogP contribution in [-0.4, -0.2) is 50.3 Å². The molecule has 0 radical (unpaired) electrons. The van der Waals surface area contributed by atoms with Gasteiger partial charge in [0.15, 0.2) is 9.84 Å². The number of hydrogen-bond acceptors (Lipinski definition) is 8. The Labute approximate surface area is 201 Å². The van der Waals surface area contributed by atoms with Gasteiger partial charge in [-0.25, -0.2) is 18.4 Å². The molecule has 0 saturated heterocycles. The van der Waals surface area contributed by atoms with Gasteiger partial charge < -0.3 is 10.1 Å². The van der Waals surface area contributed by atoms with E-state index in [4.69, 9.17) is 4.74 Å². The number of ether oxygens (including phenoxy) is 1. The van der Waals surface area contributed by atoms with Crippen LogP contribution in [0.1, 0.15) is 42.0 Å². The molecule has 0 aliphatic carbocycles. The molecule has 4 aromatic rings. The summed E-state index contributed by atoms with van der Waals surface area (Å²) in [6.45, 7) is 7.13. The maximum absolute atomic E-state index is 13.2. The number of hydrogen-bond donors (Lipinski definition) is 1. The van der Waals surface area contributed by atoms with Crippen LogP contribution in [0.15, 0.2) is 34.8 Å². The normalized spacial score (nSPS) is 12.3. The first-order valence-electron chi connectivity index (χ1n) is 10.5. The lowest BCUT2D eigenvalue weighted by Gasteiger charge is -2.21. The highest BCUT2D eigenvalue weighted by Crippen LogP contribution is 2.34. The molecule has 0 aliphatic heterocycles. The molecular weight excluding hydrogens is 476 g/mol. The lowest BCUT2D eigenvalue weighted by molar-refractivity contribution is 0.0941. The molecule has 0 bridgehead atoms. The average molecular weight is 503 g/mol. The fourth-order valence-corrected chi connectivity index (χ4v) is 5.43. The van der Waals surface area contributed by atoms with Crippen LogP contribution in [0.5, 0.6) is 5.75 Å². The number of pyridine rings is 1. The van der Waals surface area contributed by atoms with Crippen molar-refractivity contribution in [3.8, 4) is 17.1 Å². The van der Waals surface area contributed by atoms with E-state index >= 15 is 0 Å². The predicted octanol–water partition coefficient (Wildman–Crippen LogP) is 3.01. The standard InChI is InChI=1S/C22H26N6O4S2/c1-13-12-33-20(25-13)10-24-21(29)15-7-14(26-27(15)5)16-9-23-19-8-17(32-6)18(11-28(16)19)34(30,31)22(2,3)4/h7-9,11-12H,10H2,1-6H3,(H,24,29). The predicted molar refractivity (Wildman–Crippen MR) is 129 cm³/mol. The van der Waals surface area contributed by atoms with E-state index in [1.165, 1.54) is 29.3 Å². The Kier molecular flexibility index (Phi) is 5.98. The van der Waals surface area contributed by atoms with Gasteiger partial charge in [0.25, 0.3) is 5.91 Å². The van der Waals surface area contributed by atoms with Crippen molar-refractivity contribution in [2.45, 2.75) is 43.9 Å². The van der Waals surface area contributed by atoms with Crippen molar-refractivity contribution in [1.29, 1.82) is 0 Å². The van der Waals surface area contributed by atoms with Gasteiger partial charge in [-0.3, -0.25) is 13.9 Å². The number of nitrogens with zero attached hydrogens (tertiary/aromatic N) is 5. The van der Waals surface area contributed by atoms with Crippen molar-refractivity contribution in [2.75, 3.05) is 7.11 Å². The van der Waals surface area contributed by atoms with Gasteiger partial charge in [0.05, 0.1) is 30.3 Å². The number of imidazole rings is 1. The zero-order valence-corrected chi connectivity index (χ0v) is 21.4. The Balaban J connectivity index is 1.72. The van der Waals surface area contributed by atoms with Gasteiger partial charge in [-0.1, -0.05) is 0 Å². The highest BCUT2D eigenvalue weighted by atomic mass is 32.2. The first-order valence-corrected chi connectivity index (χ1v) is 12.8. The molecule has 0 aromatic carbocycles. The van der Waals surface area contributed by atoms with Crippen LogP contribution in [0.25, 0.3) is 17.0 Å². The largest absolute Gasteiger partial charge is 0.495 e. The molecule has 1 amide bonds. The van der Waals surface area contributed by atoms with Crippen molar-refractivity contribution in [2.24, 2.45) is 7.05 Å². The number of sulfone groups is 1. The molecule has 0 atom stereocenters. The number of amides is 1. The first kappa shape index (κ1) is 23.9. The van der Waals surface area contributed by atoms with E-state index in [0.717, 1.165) is 10.7 Å². The number of fused-ring (bicyclic) bond motifs is 1. The summed E-state index contributed by atoms with van der Waals surface area (Å²) >= 11 is 1.48. The second-order valence-electron chi connectivity index (χ2n) is 8.80. The van der Waals surface area contributed by atoms with Crippen LogP contribution in [0.2, 0.25) is 0 Å². The third kappa shape index (κ3) is 4.18. The van der Waals surface area contributed by atoms with Crippen molar-refractivity contribution in [3.05, 3.63) is 46.3 Å². The van der Waals surface area contributed by atoms with Crippen molar-refractivity contribution in [1.82, 2.24) is 29.5 Å². The minimum atomic E-state index is -3.70. The minimum absolute atomic E-state index is 0.0573. The Morgan fingerprint density at radius 1 is 1.26 bits per heavy atom. The van der Waals surface area contributed by atoms with Crippen molar-refractivity contribution >= 4 is 32.7 Å². The summed E-state index contributed by atoms with van der Waals surface area (Å²) in [7, 11) is -0.605. The number of aryl methyl sites for hydroxylation is 2. The summed E-state index contributed by atoms with van der Waals surface area (Å²) in [4.78, 5) is 21.5. The molecule has 10 nitrogen and oxygen atoms in total. The lowest BCUT2D eigenvalue weighted by atomic mass is 10.3. The second kappa shape index (κ2) is 8.51. The zero-order chi connectivity index (χ0) is 24.8. The maximum Gasteiger partial charge on any atom is 0.269 e. The summed E-state index contributed by atoms with van der Waals surface area (Å²) < 4.78 is 33.8. The number of thiazole rings is 1. The van der Waals surface area contributed by atoms with Crippen LogP contribution in [0.4, 0.5) is 0 Å². The molecule has 12 heteroatoms. The quantitative estimate of drug-likeness (QED) is 0.430. The topological polar surface area (TPSA) is 120 Å². The van der Waals surface area contributed by atoms with Gasteiger partial charge >= 0.3 is 0 Å². The van der Waals surface area contributed by atoms with Crippen LogP contribution >= 0.6 is 11.3 Å². The fourth-order valence-electron chi connectivity index (χ4n) is 3.40. The van der Waals surface area contributed by atoms with Crippen LogP contribution in [0, 0.1) is 6.92 Å². The van der Waals surface area contributed by atoms with E-state index in [0.29, 0.717) is 29.3 Å². The highest BCUT2D eigenvalue weighted by Gasteiger charge is 2.34. The molecule has 4 rings (SSSR count). The monoisotopic (exact) mass is 502 g/mol. The molecule has 4 aromatic heterocycles. The summed E-state index contributed by atoms with van der Waals surface area (Å²) in [6, 6.07) is 3.22. The smallest absolute Gasteiger partial charge is 0.269 e. The number of rotatable bonds is 6. The Morgan fingerprint density at radius 2 is 2.00 bits per heavy atom. The third-order valence-electron chi connectivity index (χ3n) is 5.33. The molecule has 34 heavy (non-hydrogen) atoms. The van der Waals surface area contributed by atoms with Gasteiger partial charge in [0.1, 0.15) is 32.7 Å². The second-order valence-corrected chi connectivity index (χ2v) is 12.4. The first-order chi connectivity index (χ1) is 15.9. The summed E-state index contributed by atoms with van der Waals surface area (Å²) in [5.74, 6) is -0.0707. The van der Waals surface area contributed by atoms with E-state index < -0.39 is 14.6 Å². The Morgan fingerprint density at radius 3 is 2.62 bits per heavy atom. The van der Waals surface area contributed by atoms with E-state index in [-0.39, 0.29) is 16.6 Å². The SMILES string of the molecule is COc1cc2ncc(-c3cc(C(=O)NCc4nc(C)cs4)n(C)n3)n2cc1S(=O)(=O)C(C)(C)C. The molecule has 0 spiro atoms. The molecule has 180 valence electrons. The molecule has 0 fully saturated rings. The Bertz CT molecular complexity index is 1490. The number of methoxy groups -OCH3 is 1. The molecule has 0 saturated carbocycles. The van der Waals surface area contributed by atoms with Gasteiger partial charge in [0, 0.05) is 30.4 Å². The summed E-state index contributed by atoms with van der Waals surface area (Å²) in [5, 5.41) is 10.1. The third-order valence-corrected chi connectivity index (χ3v) is 8.80. The number of carbonyl (C=O) groups excluding carboxylic acids is 1. The molecule has 1 N–H and O–H groups in total. The van der Waals surface area contributed by atoms with E-state index in [9.17, 15) is 13.2 Å². The highest BCUT2D eigenvalue weighted by molar-refractivity contribution is 7.92. The number of nitrogens with one attached hydrogen (secondary N) is 1. The Hall–Kier alpha value is -3.25. The minimum Gasteiger partial charge on any atom is -0.495 e. The zero-order valence-electron chi connectivity index (χ0n) is 19.8. The van der Waals surface area contributed by atoms with E-state index in [2.05, 4.69) is 20.4 Å². The van der Waals surface area contributed by atoms with Gasteiger partial charge in [-0.05, 0) is 33.8 Å². The summed E-state index contributed by atoms with van der Waals surface area (Å²) in [6.07, 6.45) is 3.08. The number of carbonyl (C=O) groups is 1. The molecule has 4 heterocycles. The van der Waals surface area contributed by atoms with Gasteiger partial charge in [-0.15, -0.1) is 11.3 Å².